The van der Waals surface area contributed by atoms with Crippen LogP contribution in [0, 0.1) is 17.1 Å². The normalized spacial score (nSPS) is 9.73. The Hall–Kier alpha value is -1.12. The maximum atomic E-state index is 13.6. The van der Waals surface area contributed by atoms with Crippen molar-refractivity contribution in [1.82, 2.24) is 0 Å². The lowest BCUT2D eigenvalue weighted by Crippen LogP contribution is -2.05. The molecule has 0 heterocycles. The zero-order valence-electron chi connectivity index (χ0n) is 7.93. The van der Waals surface area contributed by atoms with E-state index in [4.69, 9.17) is 10.4 Å². The number of aliphatic hydroxyl groups is 1. The van der Waals surface area contributed by atoms with Gasteiger partial charge in [0, 0.05) is 13.2 Å². The number of nitrogens with one attached hydrogen (secondary N) is 1. The molecule has 2 N–H and O–H groups in total. The lowest BCUT2D eigenvalue weighted by Gasteiger charge is -2.08. The lowest BCUT2D eigenvalue weighted by atomic mass is 10.2. The highest BCUT2D eigenvalue weighted by Gasteiger charge is 2.10. The minimum Gasteiger partial charge on any atom is -0.396 e. The third-order valence-corrected chi connectivity index (χ3v) is 2.63. The second-order valence-electron chi connectivity index (χ2n) is 2.90. The summed E-state index contributed by atoms with van der Waals surface area (Å²) in [4.78, 5) is 0. The monoisotopic (exact) mass is 272 g/mol. The molecule has 1 aromatic carbocycles. The molecule has 0 atom stereocenters. The number of nitrogens with zero attached hydrogens (tertiary/aromatic N) is 1. The van der Waals surface area contributed by atoms with E-state index in [1.54, 1.807) is 0 Å². The van der Waals surface area contributed by atoms with E-state index >= 15 is 0 Å². The summed E-state index contributed by atoms with van der Waals surface area (Å²) in [5.74, 6) is -0.480. The van der Waals surface area contributed by atoms with Crippen molar-refractivity contribution in [3.63, 3.8) is 0 Å². The van der Waals surface area contributed by atoms with Crippen LogP contribution < -0.4 is 5.32 Å². The first-order chi connectivity index (χ1) is 7.20. The fourth-order valence-electron chi connectivity index (χ4n) is 1.07. The first-order valence-corrected chi connectivity index (χ1v) is 5.23. The van der Waals surface area contributed by atoms with E-state index in [0.717, 1.165) is 0 Å². The Morgan fingerprint density at radius 2 is 2.27 bits per heavy atom. The highest BCUT2D eigenvalue weighted by Crippen LogP contribution is 2.26. The minimum atomic E-state index is -0.480. The Morgan fingerprint density at radius 1 is 1.53 bits per heavy atom. The van der Waals surface area contributed by atoms with E-state index < -0.39 is 5.82 Å². The summed E-state index contributed by atoms with van der Waals surface area (Å²) in [6.45, 7) is 0.553. The quantitative estimate of drug-likeness (QED) is 0.827. The van der Waals surface area contributed by atoms with Gasteiger partial charge in [-0.2, -0.15) is 5.26 Å². The number of benzene rings is 1. The Morgan fingerprint density at radius 3 is 2.87 bits per heavy atom. The third-order valence-electron chi connectivity index (χ3n) is 1.85. The fraction of sp³-hybridized carbons (Fsp3) is 0.300. The summed E-state index contributed by atoms with van der Waals surface area (Å²) in [6.07, 6.45) is 0.553. The first kappa shape index (κ1) is 12.0. The molecule has 3 nitrogen and oxygen atoms in total. The zero-order valence-corrected chi connectivity index (χ0v) is 9.51. The van der Waals surface area contributed by atoms with Gasteiger partial charge >= 0.3 is 0 Å². The van der Waals surface area contributed by atoms with Gasteiger partial charge in [0.05, 0.1) is 15.7 Å². The molecule has 0 saturated carbocycles. The maximum absolute atomic E-state index is 13.6. The summed E-state index contributed by atoms with van der Waals surface area (Å²) in [6, 6.07) is 4.92. The second-order valence-corrected chi connectivity index (χ2v) is 3.70. The van der Waals surface area contributed by atoms with Crippen molar-refractivity contribution in [3.05, 3.63) is 28.0 Å². The van der Waals surface area contributed by atoms with E-state index in [-0.39, 0.29) is 16.6 Å². The van der Waals surface area contributed by atoms with E-state index in [1.807, 2.05) is 6.07 Å². The molecular formula is C10H10BrFN2O. The van der Waals surface area contributed by atoms with Gasteiger partial charge in [-0.3, -0.25) is 0 Å². The van der Waals surface area contributed by atoms with Crippen LogP contribution in [-0.2, 0) is 0 Å². The van der Waals surface area contributed by atoms with Crippen LogP contribution in [-0.4, -0.2) is 18.3 Å². The van der Waals surface area contributed by atoms with Gasteiger partial charge in [-0.25, -0.2) is 4.39 Å². The summed E-state index contributed by atoms with van der Waals surface area (Å²) in [5, 5.41) is 20.0. The Bertz CT molecular complexity index is 390. The van der Waals surface area contributed by atoms with Gasteiger partial charge in [-0.15, -0.1) is 0 Å². The Balaban J connectivity index is 2.83. The molecule has 0 aliphatic rings. The van der Waals surface area contributed by atoms with Crippen molar-refractivity contribution in [3.8, 4) is 6.07 Å². The smallest absolute Gasteiger partial charge is 0.161 e. The fourth-order valence-corrected chi connectivity index (χ4v) is 1.51. The van der Waals surface area contributed by atoms with Crippen LogP contribution in [0.25, 0.3) is 0 Å². The van der Waals surface area contributed by atoms with Gasteiger partial charge in [0.2, 0.25) is 0 Å². The SMILES string of the molecule is N#Cc1ccc(NCCCO)c(F)c1Br. The molecule has 0 aliphatic heterocycles. The van der Waals surface area contributed by atoms with Crippen LogP contribution in [0.15, 0.2) is 16.6 Å². The summed E-state index contributed by atoms with van der Waals surface area (Å²) in [7, 11) is 0. The number of hydrogen-bond acceptors (Lipinski definition) is 3. The number of anilines is 1. The molecule has 0 saturated heterocycles. The number of rotatable bonds is 4. The predicted octanol–water partition coefficient (Wildman–Crippen LogP) is 2.25. The molecular weight excluding hydrogens is 263 g/mol. The van der Waals surface area contributed by atoms with Gasteiger partial charge in [0.1, 0.15) is 6.07 Å². The average Bonchev–Trinajstić information content (AvgIpc) is 2.25. The molecule has 5 heteroatoms. The molecule has 0 aromatic heterocycles. The van der Waals surface area contributed by atoms with Gasteiger partial charge in [-0.05, 0) is 34.5 Å². The highest BCUT2D eigenvalue weighted by atomic mass is 79.9. The zero-order chi connectivity index (χ0) is 11.3. The summed E-state index contributed by atoms with van der Waals surface area (Å²) < 4.78 is 13.7. The highest BCUT2D eigenvalue weighted by molar-refractivity contribution is 9.10. The largest absolute Gasteiger partial charge is 0.396 e. The first-order valence-electron chi connectivity index (χ1n) is 4.43. The number of aliphatic hydroxyl groups excluding tert-OH is 1. The van der Waals surface area contributed by atoms with Gasteiger partial charge < -0.3 is 10.4 Å². The van der Waals surface area contributed by atoms with Crippen molar-refractivity contribution in [2.24, 2.45) is 0 Å². The van der Waals surface area contributed by atoms with Crippen LogP contribution in [0.1, 0.15) is 12.0 Å². The molecule has 0 radical (unpaired) electrons. The van der Waals surface area contributed by atoms with Crippen LogP contribution in [0.2, 0.25) is 0 Å². The van der Waals surface area contributed by atoms with Crippen molar-refractivity contribution < 1.29 is 9.50 Å². The lowest BCUT2D eigenvalue weighted by molar-refractivity contribution is 0.292. The van der Waals surface area contributed by atoms with Crippen molar-refractivity contribution in [2.75, 3.05) is 18.5 Å². The number of hydrogen-bond donors (Lipinski definition) is 2. The summed E-state index contributed by atoms with van der Waals surface area (Å²) >= 11 is 3.01. The Labute approximate surface area is 95.7 Å². The van der Waals surface area contributed by atoms with E-state index in [9.17, 15) is 4.39 Å². The van der Waals surface area contributed by atoms with Crippen LogP contribution in [0.3, 0.4) is 0 Å². The molecule has 1 aromatic rings. The van der Waals surface area contributed by atoms with Crippen molar-refractivity contribution >= 4 is 21.6 Å². The molecule has 15 heavy (non-hydrogen) atoms. The number of nitriles is 1. The molecule has 0 bridgehead atoms. The van der Waals surface area contributed by atoms with Crippen LogP contribution in [0.4, 0.5) is 10.1 Å². The van der Waals surface area contributed by atoms with Crippen molar-refractivity contribution in [1.29, 1.82) is 5.26 Å². The molecule has 0 unspecified atom stereocenters. The number of halogens is 2. The second kappa shape index (κ2) is 5.69. The minimum absolute atomic E-state index is 0.0616. The van der Waals surface area contributed by atoms with Gasteiger partial charge in [0.25, 0.3) is 0 Å². The van der Waals surface area contributed by atoms with E-state index in [0.29, 0.717) is 18.7 Å². The van der Waals surface area contributed by atoms with Gasteiger partial charge in [-0.1, -0.05) is 0 Å². The molecule has 0 aliphatic carbocycles. The van der Waals surface area contributed by atoms with Gasteiger partial charge in [0.15, 0.2) is 5.82 Å². The maximum Gasteiger partial charge on any atom is 0.161 e. The summed E-state index contributed by atoms with van der Waals surface area (Å²) in [5.41, 5.74) is 0.592. The topological polar surface area (TPSA) is 56.0 Å². The standard InChI is InChI=1S/C10H10BrFN2O/c11-9-7(6-13)2-3-8(10(9)12)14-4-1-5-15/h2-3,14-15H,1,4-5H2. The molecule has 80 valence electrons. The van der Waals surface area contributed by atoms with E-state index in [2.05, 4.69) is 21.2 Å². The molecule has 0 fully saturated rings. The van der Waals surface area contributed by atoms with E-state index in [1.165, 1.54) is 12.1 Å². The van der Waals surface area contributed by atoms with Crippen LogP contribution in [0.5, 0.6) is 0 Å². The molecule has 1 rings (SSSR count). The molecule has 0 amide bonds. The van der Waals surface area contributed by atoms with Crippen molar-refractivity contribution in [2.45, 2.75) is 6.42 Å². The Kier molecular flexibility index (Phi) is 4.53. The predicted molar refractivity (Wildman–Crippen MR) is 59.0 cm³/mol. The average molecular weight is 273 g/mol. The molecule has 0 spiro atoms. The van der Waals surface area contributed by atoms with Crippen LogP contribution >= 0.6 is 15.9 Å². The third kappa shape index (κ3) is 2.91.